The first-order chi connectivity index (χ1) is 7.59. The Labute approximate surface area is 104 Å². The molecule has 0 saturated carbocycles. The highest BCUT2D eigenvalue weighted by Crippen LogP contribution is 2.20. The third-order valence-corrected chi connectivity index (χ3v) is 2.91. The van der Waals surface area contributed by atoms with Crippen LogP contribution in [0.1, 0.15) is 19.4 Å². The summed E-state index contributed by atoms with van der Waals surface area (Å²) >= 11 is 3.42. The fourth-order valence-electron chi connectivity index (χ4n) is 1.60. The molecule has 86 valence electrons. The summed E-state index contributed by atoms with van der Waals surface area (Å²) in [5.41, 5.74) is 2.03. The molecule has 0 radical (unpaired) electrons. The standard InChI is InChI=1S/C11H10BrNO.C2H6/c1-7-5-11(14)13(2)10-4-3-8(12)6-9(7)10;1-2/h3-6H,1-2H3;1-2H3. The van der Waals surface area contributed by atoms with Crippen molar-refractivity contribution in [3.8, 4) is 0 Å². The van der Waals surface area contributed by atoms with Crippen LogP contribution in [0, 0.1) is 6.92 Å². The maximum absolute atomic E-state index is 11.5. The minimum absolute atomic E-state index is 0.0392. The van der Waals surface area contributed by atoms with E-state index in [-0.39, 0.29) is 5.56 Å². The lowest BCUT2D eigenvalue weighted by atomic mass is 10.1. The summed E-state index contributed by atoms with van der Waals surface area (Å²) in [6, 6.07) is 7.59. The minimum atomic E-state index is 0.0392. The molecular formula is C13H16BrNO. The Hall–Kier alpha value is -1.09. The molecule has 2 rings (SSSR count). The van der Waals surface area contributed by atoms with Crippen molar-refractivity contribution in [1.29, 1.82) is 0 Å². The van der Waals surface area contributed by atoms with Crippen molar-refractivity contribution in [1.82, 2.24) is 4.57 Å². The third kappa shape index (κ3) is 2.35. The second kappa shape index (κ2) is 5.30. The molecule has 2 nitrogen and oxygen atoms in total. The Morgan fingerprint density at radius 3 is 2.44 bits per heavy atom. The molecule has 0 amide bonds. The van der Waals surface area contributed by atoms with Gasteiger partial charge in [-0.1, -0.05) is 29.8 Å². The summed E-state index contributed by atoms with van der Waals surface area (Å²) in [5.74, 6) is 0. The van der Waals surface area contributed by atoms with E-state index < -0.39 is 0 Å². The van der Waals surface area contributed by atoms with Gasteiger partial charge in [-0.25, -0.2) is 0 Å². The quantitative estimate of drug-likeness (QED) is 0.723. The monoisotopic (exact) mass is 281 g/mol. The van der Waals surface area contributed by atoms with Gasteiger partial charge in [0, 0.05) is 23.0 Å². The molecular weight excluding hydrogens is 266 g/mol. The number of aryl methyl sites for hydroxylation is 2. The SMILES string of the molecule is CC.Cc1cc(=O)n(C)c2ccc(Br)cc12. The molecule has 0 spiro atoms. The molecule has 0 atom stereocenters. The van der Waals surface area contributed by atoms with E-state index in [4.69, 9.17) is 0 Å². The lowest BCUT2D eigenvalue weighted by Crippen LogP contribution is -2.16. The topological polar surface area (TPSA) is 22.0 Å². The number of benzene rings is 1. The molecule has 0 unspecified atom stereocenters. The van der Waals surface area contributed by atoms with E-state index in [1.807, 2.05) is 39.0 Å². The summed E-state index contributed by atoms with van der Waals surface area (Å²) in [7, 11) is 1.79. The van der Waals surface area contributed by atoms with Crippen LogP contribution in [-0.2, 0) is 7.05 Å². The van der Waals surface area contributed by atoms with E-state index in [1.54, 1.807) is 17.7 Å². The van der Waals surface area contributed by atoms with Crippen LogP contribution in [0.4, 0.5) is 0 Å². The molecule has 1 aromatic carbocycles. The van der Waals surface area contributed by atoms with Gasteiger partial charge in [-0.15, -0.1) is 0 Å². The minimum Gasteiger partial charge on any atom is -0.311 e. The van der Waals surface area contributed by atoms with Gasteiger partial charge in [0.2, 0.25) is 0 Å². The van der Waals surface area contributed by atoms with Crippen LogP contribution in [0.2, 0.25) is 0 Å². The van der Waals surface area contributed by atoms with Crippen LogP contribution in [0.3, 0.4) is 0 Å². The first-order valence-corrected chi connectivity index (χ1v) is 6.15. The number of halogens is 1. The average molecular weight is 282 g/mol. The second-order valence-electron chi connectivity index (χ2n) is 3.39. The molecule has 0 aliphatic carbocycles. The number of aromatic nitrogens is 1. The number of nitrogens with zero attached hydrogens (tertiary/aromatic N) is 1. The Kier molecular flexibility index (Phi) is 4.30. The van der Waals surface area contributed by atoms with Crippen molar-refractivity contribution in [3.05, 3.63) is 44.7 Å². The van der Waals surface area contributed by atoms with Crippen molar-refractivity contribution in [3.63, 3.8) is 0 Å². The van der Waals surface area contributed by atoms with Gasteiger partial charge in [-0.3, -0.25) is 4.79 Å². The number of rotatable bonds is 0. The molecule has 0 fully saturated rings. The third-order valence-electron chi connectivity index (χ3n) is 2.42. The highest BCUT2D eigenvalue weighted by molar-refractivity contribution is 9.10. The van der Waals surface area contributed by atoms with Gasteiger partial charge < -0.3 is 4.57 Å². The van der Waals surface area contributed by atoms with Crippen LogP contribution in [0.25, 0.3) is 10.9 Å². The largest absolute Gasteiger partial charge is 0.311 e. The summed E-state index contributed by atoms with van der Waals surface area (Å²) in [6.07, 6.45) is 0. The van der Waals surface area contributed by atoms with E-state index in [0.29, 0.717) is 0 Å². The van der Waals surface area contributed by atoms with E-state index in [2.05, 4.69) is 15.9 Å². The molecule has 16 heavy (non-hydrogen) atoms. The second-order valence-corrected chi connectivity index (χ2v) is 4.30. The predicted molar refractivity (Wildman–Crippen MR) is 73.0 cm³/mol. The molecule has 0 aliphatic heterocycles. The van der Waals surface area contributed by atoms with Gasteiger partial charge in [0.05, 0.1) is 5.52 Å². The van der Waals surface area contributed by atoms with Crippen LogP contribution in [0.15, 0.2) is 33.5 Å². The molecule has 3 heteroatoms. The van der Waals surface area contributed by atoms with Crippen LogP contribution in [0.5, 0.6) is 0 Å². The number of pyridine rings is 1. The summed E-state index contributed by atoms with van der Waals surface area (Å²) < 4.78 is 2.70. The Morgan fingerprint density at radius 2 is 1.81 bits per heavy atom. The zero-order valence-electron chi connectivity index (χ0n) is 10.0. The fraction of sp³-hybridized carbons (Fsp3) is 0.308. The smallest absolute Gasteiger partial charge is 0.251 e. The highest BCUT2D eigenvalue weighted by Gasteiger charge is 2.03. The first kappa shape index (κ1) is 13.0. The van der Waals surface area contributed by atoms with Gasteiger partial charge in [0.15, 0.2) is 0 Å². The van der Waals surface area contributed by atoms with Crippen LogP contribution >= 0.6 is 15.9 Å². The maximum Gasteiger partial charge on any atom is 0.251 e. The first-order valence-electron chi connectivity index (χ1n) is 5.35. The molecule has 0 aliphatic rings. The lowest BCUT2D eigenvalue weighted by Gasteiger charge is -2.07. The van der Waals surface area contributed by atoms with E-state index in [0.717, 1.165) is 20.9 Å². The van der Waals surface area contributed by atoms with E-state index >= 15 is 0 Å². The average Bonchev–Trinajstić information content (AvgIpc) is 2.29. The van der Waals surface area contributed by atoms with Gasteiger partial charge >= 0.3 is 0 Å². The molecule has 0 bridgehead atoms. The Morgan fingerprint density at radius 1 is 1.19 bits per heavy atom. The Bertz CT molecular complexity index is 558. The predicted octanol–water partition coefficient (Wildman–Crippen LogP) is 3.64. The lowest BCUT2D eigenvalue weighted by molar-refractivity contribution is 0.903. The van der Waals surface area contributed by atoms with Crippen molar-refractivity contribution in [2.75, 3.05) is 0 Å². The zero-order chi connectivity index (χ0) is 12.3. The van der Waals surface area contributed by atoms with Gasteiger partial charge in [-0.05, 0) is 30.7 Å². The van der Waals surface area contributed by atoms with Crippen molar-refractivity contribution in [2.45, 2.75) is 20.8 Å². The van der Waals surface area contributed by atoms with E-state index in [1.165, 1.54) is 0 Å². The van der Waals surface area contributed by atoms with Crippen molar-refractivity contribution in [2.24, 2.45) is 7.05 Å². The summed E-state index contributed by atoms with van der Waals surface area (Å²) in [4.78, 5) is 11.5. The van der Waals surface area contributed by atoms with Crippen molar-refractivity contribution < 1.29 is 0 Å². The molecule has 1 aromatic heterocycles. The number of fused-ring (bicyclic) bond motifs is 1. The van der Waals surface area contributed by atoms with Gasteiger partial charge in [0.1, 0.15) is 0 Å². The summed E-state index contributed by atoms with van der Waals surface area (Å²) in [6.45, 7) is 5.95. The maximum atomic E-state index is 11.5. The van der Waals surface area contributed by atoms with Gasteiger partial charge in [0.25, 0.3) is 5.56 Å². The molecule has 1 heterocycles. The molecule has 2 aromatic rings. The fourth-order valence-corrected chi connectivity index (χ4v) is 1.96. The van der Waals surface area contributed by atoms with Crippen LogP contribution in [-0.4, -0.2) is 4.57 Å². The van der Waals surface area contributed by atoms with Crippen LogP contribution < -0.4 is 5.56 Å². The molecule has 0 N–H and O–H groups in total. The van der Waals surface area contributed by atoms with E-state index in [9.17, 15) is 4.79 Å². The highest BCUT2D eigenvalue weighted by atomic mass is 79.9. The van der Waals surface area contributed by atoms with Gasteiger partial charge in [-0.2, -0.15) is 0 Å². The zero-order valence-corrected chi connectivity index (χ0v) is 11.6. The molecule has 0 saturated heterocycles. The summed E-state index contributed by atoms with van der Waals surface area (Å²) in [5, 5.41) is 1.11. The Balaban J connectivity index is 0.000000606. The number of hydrogen-bond acceptors (Lipinski definition) is 1. The van der Waals surface area contributed by atoms with Crippen molar-refractivity contribution >= 4 is 26.8 Å². The normalized spacial score (nSPS) is 9.81. The number of hydrogen-bond donors (Lipinski definition) is 0.